The topological polar surface area (TPSA) is 47.3 Å². The van der Waals surface area contributed by atoms with Gasteiger partial charge in [0.25, 0.3) is 0 Å². The first-order valence-corrected chi connectivity index (χ1v) is 8.96. The number of halogens is 4. The van der Waals surface area contributed by atoms with E-state index in [1.165, 1.54) is 0 Å². The van der Waals surface area contributed by atoms with E-state index in [2.05, 4.69) is 5.32 Å². The number of nitrogens with two attached hydrogens (primary N) is 1. The predicted octanol–water partition coefficient (Wildman–Crippen LogP) is 4.95. The predicted molar refractivity (Wildman–Crippen MR) is 103 cm³/mol. The van der Waals surface area contributed by atoms with Crippen molar-refractivity contribution >= 4 is 46.4 Å². The zero-order valence-corrected chi connectivity index (χ0v) is 15.9. The standard InChI is InChI=1S/C17H18Cl4N2O/c18-11-1-3-13(15(20)9-11)17(24-8-7-23-6-5-22)14-4-2-12(19)10-16(14)21/h1-4,9-10,17,23H,5-8,22H2. The Kier molecular flexibility index (Phi) is 8.11. The molecular weight excluding hydrogens is 390 g/mol. The van der Waals surface area contributed by atoms with Crippen LogP contribution in [0.15, 0.2) is 36.4 Å². The summed E-state index contributed by atoms with van der Waals surface area (Å²) in [6.45, 7) is 2.46. The largest absolute Gasteiger partial charge is 0.367 e. The summed E-state index contributed by atoms with van der Waals surface area (Å²) >= 11 is 24.7. The Morgan fingerprint density at radius 2 is 1.42 bits per heavy atom. The molecule has 0 amide bonds. The van der Waals surface area contributed by atoms with Crippen molar-refractivity contribution in [1.82, 2.24) is 5.32 Å². The van der Waals surface area contributed by atoms with Crippen molar-refractivity contribution in [2.45, 2.75) is 6.10 Å². The minimum atomic E-state index is -0.417. The summed E-state index contributed by atoms with van der Waals surface area (Å²) in [5, 5.41) is 5.35. The van der Waals surface area contributed by atoms with E-state index in [0.717, 1.165) is 17.7 Å². The Hall–Kier alpha value is -0.520. The molecule has 0 fully saturated rings. The Morgan fingerprint density at radius 1 is 0.875 bits per heavy atom. The van der Waals surface area contributed by atoms with Gasteiger partial charge in [-0.3, -0.25) is 0 Å². The number of benzene rings is 2. The maximum atomic E-state index is 6.35. The van der Waals surface area contributed by atoms with E-state index in [1.54, 1.807) is 24.3 Å². The zero-order chi connectivity index (χ0) is 17.5. The second kappa shape index (κ2) is 9.83. The van der Waals surface area contributed by atoms with Gasteiger partial charge in [-0.15, -0.1) is 0 Å². The molecule has 0 spiro atoms. The Balaban J connectivity index is 2.27. The van der Waals surface area contributed by atoms with Crippen molar-refractivity contribution in [3.05, 3.63) is 67.6 Å². The molecule has 0 aliphatic carbocycles. The van der Waals surface area contributed by atoms with Crippen LogP contribution in [0.4, 0.5) is 0 Å². The van der Waals surface area contributed by atoms with Crippen LogP contribution in [0.25, 0.3) is 0 Å². The van der Waals surface area contributed by atoms with E-state index in [4.69, 9.17) is 56.9 Å². The van der Waals surface area contributed by atoms with Gasteiger partial charge in [-0.1, -0.05) is 58.5 Å². The van der Waals surface area contributed by atoms with Crippen LogP contribution in [0.3, 0.4) is 0 Å². The fourth-order valence-electron chi connectivity index (χ4n) is 2.25. The van der Waals surface area contributed by atoms with Gasteiger partial charge >= 0.3 is 0 Å². The van der Waals surface area contributed by atoms with Crippen LogP contribution < -0.4 is 11.1 Å². The quantitative estimate of drug-likeness (QED) is 0.608. The van der Waals surface area contributed by atoms with Crippen molar-refractivity contribution in [3.8, 4) is 0 Å². The first-order valence-electron chi connectivity index (χ1n) is 7.45. The van der Waals surface area contributed by atoms with Crippen LogP contribution in [0.5, 0.6) is 0 Å². The highest BCUT2D eigenvalue weighted by Gasteiger charge is 2.21. The van der Waals surface area contributed by atoms with Crippen LogP contribution in [-0.2, 0) is 4.74 Å². The number of hydrogen-bond acceptors (Lipinski definition) is 3. The number of rotatable bonds is 8. The second-order valence-corrected chi connectivity index (χ2v) is 6.81. The molecule has 2 aromatic carbocycles. The van der Waals surface area contributed by atoms with Gasteiger partial charge in [-0.2, -0.15) is 0 Å². The number of nitrogens with one attached hydrogen (secondary N) is 1. The summed E-state index contributed by atoms with van der Waals surface area (Å²) in [7, 11) is 0. The second-order valence-electron chi connectivity index (χ2n) is 5.12. The fraction of sp³-hybridized carbons (Fsp3) is 0.294. The molecule has 0 aromatic heterocycles. The van der Waals surface area contributed by atoms with Crippen molar-refractivity contribution in [2.24, 2.45) is 5.73 Å². The molecule has 0 saturated heterocycles. The first-order chi connectivity index (χ1) is 11.5. The van der Waals surface area contributed by atoms with Crippen molar-refractivity contribution in [2.75, 3.05) is 26.2 Å². The molecular formula is C17H18Cl4N2O. The minimum Gasteiger partial charge on any atom is -0.367 e. The summed E-state index contributed by atoms with van der Waals surface area (Å²) in [6, 6.07) is 10.6. The van der Waals surface area contributed by atoms with Gasteiger partial charge in [0.15, 0.2) is 0 Å². The molecule has 0 bridgehead atoms. The third-order valence-corrected chi connectivity index (χ3v) is 4.50. The van der Waals surface area contributed by atoms with E-state index in [-0.39, 0.29) is 0 Å². The Morgan fingerprint density at radius 3 is 1.88 bits per heavy atom. The van der Waals surface area contributed by atoms with Crippen LogP contribution in [0, 0.1) is 0 Å². The molecule has 24 heavy (non-hydrogen) atoms. The molecule has 2 aromatic rings. The van der Waals surface area contributed by atoms with Gasteiger partial charge in [-0.25, -0.2) is 0 Å². The highest BCUT2D eigenvalue weighted by atomic mass is 35.5. The maximum absolute atomic E-state index is 6.35. The fourth-order valence-corrected chi connectivity index (χ4v) is 3.27. The third kappa shape index (κ3) is 5.50. The lowest BCUT2D eigenvalue weighted by atomic mass is 10.0. The lowest BCUT2D eigenvalue weighted by Crippen LogP contribution is -2.26. The molecule has 0 radical (unpaired) electrons. The van der Waals surface area contributed by atoms with Crippen molar-refractivity contribution in [1.29, 1.82) is 0 Å². The van der Waals surface area contributed by atoms with E-state index in [0.29, 0.717) is 39.8 Å². The summed E-state index contributed by atoms with van der Waals surface area (Å²) in [5.74, 6) is 0. The molecule has 3 nitrogen and oxygen atoms in total. The normalized spacial score (nSPS) is 11.2. The molecule has 7 heteroatoms. The van der Waals surface area contributed by atoms with E-state index < -0.39 is 6.10 Å². The average Bonchev–Trinajstić information content (AvgIpc) is 2.53. The zero-order valence-electron chi connectivity index (χ0n) is 12.9. The van der Waals surface area contributed by atoms with Crippen molar-refractivity contribution in [3.63, 3.8) is 0 Å². The van der Waals surface area contributed by atoms with Gasteiger partial charge in [0.1, 0.15) is 6.10 Å². The van der Waals surface area contributed by atoms with Gasteiger partial charge in [0.2, 0.25) is 0 Å². The van der Waals surface area contributed by atoms with Crippen LogP contribution in [-0.4, -0.2) is 26.2 Å². The summed E-state index contributed by atoms with van der Waals surface area (Å²) in [6.07, 6.45) is -0.417. The van der Waals surface area contributed by atoms with Crippen LogP contribution in [0.1, 0.15) is 17.2 Å². The summed E-state index contributed by atoms with van der Waals surface area (Å²) < 4.78 is 6.04. The average molecular weight is 408 g/mol. The van der Waals surface area contributed by atoms with Gasteiger partial charge in [0, 0.05) is 50.9 Å². The Bertz CT molecular complexity index is 630. The molecule has 0 aliphatic rings. The van der Waals surface area contributed by atoms with Crippen LogP contribution >= 0.6 is 46.4 Å². The van der Waals surface area contributed by atoms with Gasteiger partial charge < -0.3 is 15.8 Å². The molecule has 0 saturated carbocycles. The highest BCUT2D eigenvalue weighted by Crippen LogP contribution is 2.37. The minimum absolute atomic E-state index is 0.417. The summed E-state index contributed by atoms with van der Waals surface area (Å²) in [5.41, 5.74) is 7.05. The SMILES string of the molecule is NCCNCCOC(c1ccc(Cl)cc1Cl)c1ccc(Cl)cc1Cl. The molecule has 2 rings (SSSR count). The smallest absolute Gasteiger partial charge is 0.110 e. The molecule has 0 atom stereocenters. The highest BCUT2D eigenvalue weighted by molar-refractivity contribution is 6.36. The summed E-state index contributed by atoms with van der Waals surface area (Å²) in [4.78, 5) is 0. The molecule has 130 valence electrons. The van der Waals surface area contributed by atoms with E-state index in [9.17, 15) is 0 Å². The molecule has 0 heterocycles. The lowest BCUT2D eigenvalue weighted by Gasteiger charge is -2.21. The van der Waals surface area contributed by atoms with Crippen molar-refractivity contribution < 1.29 is 4.74 Å². The van der Waals surface area contributed by atoms with E-state index in [1.807, 2.05) is 12.1 Å². The lowest BCUT2D eigenvalue weighted by molar-refractivity contribution is 0.0824. The van der Waals surface area contributed by atoms with Gasteiger partial charge in [-0.05, 0) is 24.3 Å². The first kappa shape index (κ1) is 19.8. The number of ether oxygens (including phenoxy) is 1. The Labute approximate surface area is 162 Å². The monoisotopic (exact) mass is 406 g/mol. The molecule has 0 aliphatic heterocycles. The van der Waals surface area contributed by atoms with Crippen LogP contribution in [0.2, 0.25) is 20.1 Å². The molecule has 3 N–H and O–H groups in total. The molecule has 0 unspecified atom stereocenters. The maximum Gasteiger partial charge on any atom is 0.110 e. The van der Waals surface area contributed by atoms with E-state index >= 15 is 0 Å². The number of hydrogen-bond donors (Lipinski definition) is 2. The third-order valence-electron chi connectivity index (χ3n) is 3.37. The van der Waals surface area contributed by atoms with Gasteiger partial charge in [0.05, 0.1) is 6.61 Å².